The Morgan fingerprint density at radius 3 is 2.75 bits per heavy atom. The van der Waals surface area contributed by atoms with Crippen molar-refractivity contribution >= 4 is 17.7 Å². The van der Waals surface area contributed by atoms with Crippen molar-refractivity contribution in [3.63, 3.8) is 0 Å². The fraction of sp³-hybridized carbons (Fsp3) is 0.357. The van der Waals surface area contributed by atoms with E-state index in [0.717, 1.165) is 5.56 Å². The Hall–Kier alpha value is -2.37. The fourth-order valence-corrected chi connectivity index (χ4v) is 2.26. The second-order valence-electron chi connectivity index (χ2n) is 4.46. The molecule has 1 heterocycles. The molecule has 1 N–H and O–H groups in total. The summed E-state index contributed by atoms with van der Waals surface area (Å²) in [5, 5.41) is 2.70. The standard InChI is InChI=1S/C14H16N2O4/c1-8-11(13(17)20-3)12(16-14(18)15-8)9-5-4-6-10(7-9)19-2/h4-7,11-12H,1-3H3,(H,16,18). The number of nitrogens with zero attached hydrogens (tertiary/aromatic N) is 1. The summed E-state index contributed by atoms with van der Waals surface area (Å²) in [4.78, 5) is 27.3. The molecule has 106 valence electrons. The zero-order valence-corrected chi connectivity index (χ0v) is 11.5. The number of carbonyl (C=O) groups is 2. The van der Waals surface area contributed by atoms with Crippen LogP contribution in [-0.2, 0) is 9.53 Å². The lowest BCUT2D eigenvalue weighted by Crippen LogP contribution is -2.44. The number of amides is 2. The summed E-state index contributed by atoms with van der Waals surface area (Å²) in [6, 6.07) is 6.22. The summed E-state index contributed by atoms with van der Waals surface area (Å²) in [5.74, 6) is -0.413. The second kappa shape index (κ2) is 5.73. The third-order valence-electron chi connectivity index (χ3n) is 3.25. The van der Waals surface area contributed by atoms with E-state index in [1.807, 2.05) is 6.07 Å². The summed E-state index contributed by atoms with van der Waals surface area (Å²) in [6.45, 7) is 1.65. The number of carbonyl (C=O) groups excluding carboxylic acids is 2. The number of nitrogens with one attached hydrogen (secondary N) is 1. The van der Waals surface area contributed by atoms with Crippen molar-refractivity contribution < 1.29 is 19.1 Å². The van der Waals surface area contributed by atoms with E-state index in [2.05, 4.69) is 10.3 Å². The van der Waals surface area contributed by atoms with Gasteiger partial charge in [0.1, 0.15) is 11.7 Å². The lowest BCUT2D eigenvalue weighted by atomic mass is 9.88. The predicted octanol–water partition coefficient (Wildman–Crippen LogP) is 1.71. The molecule has 0 fully saturated rings. The monoisotopic (exact) mass is 276 g/mol. The molecule has 2 amide bonds. The summed E-state index contributed by atoms with van der Waals surface area (Å²) in [5.41, 5.74) is 1.20. The number of methoxy groups -OCH3 is 2. The Balaban J connectivity index is 2.43. The first-order valence-corrected chi connectivity index (χ1v) is 6.14. The smallest absolute Gasteiger partial charge is 0.341 e. The summed E-state index contributed by atoms with van der Waals surface area (Å²) in [7, 11) is 2.87. The van der Waals surface area contributed by atoms with Crippen LogP contribution >= 0.6 is 0 Å². The first-order chi connectivity index (χ1) is 9.56. The van der Waals surface area contributed by atoms with Crippen LogP contribution in [0.5, 0.6) is 5.75 Å². The molecule has 6 heteroatoms. The molecule has 0 aromatic heterocycles. The summed E-state index contributed by atoms with van der Waals surface area (Å²) >= 11 is 0. The van der Waals surface area contributed by atoms with Gasteiger partial charge in [-0.05, 0) is 24.6 Å². The van der Waals surface area contributed by atoms with Crippen molar-refractivity contribution in [3.8, 4) is 5.75 Å². The van der Waals surface area contributed by atoms with Gasteiger partial charge in [0, 0.05) is 5.71 Å². The molecular weight excluding hydrogens is 260 g/mol. The second-order valence-corrected chi connectivity index (χ2v) is 4.46. The van der Waals surface area contributed by atoms with E-state index >= 15 is 0 Å². The quantitative estimate of drug-likeness (QED) is 0.853. The minimum Gasteiger partial charge on any atom is -0.497 e. The lowest BCUT2D eigenvalue weighted by molar-refractivity contribution is -0.143. The molecule has 20 heavy (non-hydrogen) atoms. The Bertz CT molecular complexity index is 568. The van der Waals surface area contributed by atoms with Crippen molar-refractivity contribution in [2.45, 2.75) is 13.0 Å². The zero-order valence-electron chi connectivity index (χ0n) is 11.5. The van der Waals surface area contributed by atoms with E-state index < -0.39 is 24.0 Å². The van der Waals surface area contributed by atoms with Gasteiger partial charge in [0.15, 0.2) is 0 Å². The van der Waals surface area contributed by atoms with E-state index in [1.165, 1.54) is 7.11 Å². The number of aliphatic imine (C=N–C) groups is 1. The SMILES string of the molecule is COC(=O)C1C(C)=NC(=O)NC1c1cccc(OC)c1. The minimum absolute atomic E-state index is 0.431. The van der Waals surface area contributed by atoms with Crippen molar-refractivity contribution in [2.75, 3.05) is 14.2 Å². The normalized spacial score (nSPS) is 21.8. The van der Waals surface area contributed by atoms with Crippen molar-refractivity contribution in [1.82, 2.24) is 5.32 Å². The molecule has 0 saturated carbocycles. The van der Waals surface area contributed by atoms with Crippen LogP contribution in [0.3, 0.4) is 0 Å². The molecule has 0 spiro atoms. The average molecular weight is 276 g/mol. The summed E-state index contributed by atoms with van der Waals surface area (Å²) in [6.07, 6.45) is 0. The molecule has 2 rings (SSSR count). The largest absolute Gasteiger partial charge is 0.497 e. The van der Waals surface area contributed by atoms with Crippen LogP contribution in [0.1, 0.15) is 18.5 Å². The van der Waals surface area contributed by atoms with Gasteiger partial charge < -0.3 is 14.8 Å². The highest BCUT2D eigenvalue weighted by molar-refractivity contribution is 6.08. The molecule has 6 nitrogen and oxygen atoms in total. The van der Waals surface area contributed by atoms with Crippen LogP contribution < -0.4 is 10.1 Å². The van der Waals surface area contributed by atoms with Crippen molar-refractivity contribution in [3.05, 3.63) is 29.8 Å². The van der Waals surface area contributed by atoms with Crippen molar-refractivity contribution in [1.29, 1.82) is 0 Å². The zero-order chi connectivity index (χ0) is 14.7. The predicted molar refractivity (Wildman–Crippen MR) is 72.9 cm³/mol. The van der Waals surface area contributed by atoms with Gasteiger partial charge >= 0.3 is 12.0 Å². The van der Waals surface area contributed by atoms with Gasteiger partial charge in [-0.1, -0.05) is 12.1 Å². The van der Waals surface area contributed by atoms with E-state index in [0.29, 0.717) is 11.5 Å². The molecule has 1 aliphatic heterocycles. The van der Waals surface area contributed by atoms with Crippen LogP contribution in [0.15, 0.2) is 29.3 Å². The van der Waals surface area contributed by atoms with Crippen molar-refractivity contribution in [2.24, 2.45) is 10.9 Å². The lowest BCUT2D eigenvalue weighted by Gasteiger charge is -2.29. The van der Waals surface area contributed by atoms with E-state index in [9.17, 15) is 9.59 Å². The Kier molecular flexibility index (Phi) is 4.02. The first-order valence-electron chi connectivity index (χ1n) is 6.14. The number of benzene rings is 1. The van der Waals surface area contributed by atoms with Gasteiger partial charge in [-0.3, -0.25) is 4.79 Å². The molecule has 2 unspecified atom stereocenters. The molecule has 0 aliphatic carbocycles. The number of urea groups is 1. The molecule has 0 bridgehead atoms. The fourth-order valence-electron chi connectivity index (χ4n) is 2.26. The highest BCUT2D eigenvalue weighted by atomic mass is 16.5. The average Bonchev–Trinajstić information content (AvgIpc) is 2.45. The highest BCUT2D eigenvalue weighted by Crippen LogP contribution is 2.29. The Morgan fingerprint density at radius 1 is 1.35 bits per heavy atom. The molecule has 1 aromatic carbocycles. The van der Waals surface area contributed by atoms with Crippen LogP contribution in [0.2, 0.25) is 0 Å². The van der Waals surface area contributed by atoms with E-state index in [1.54, 1.807) is 32.2 Å². The first kappa shape index (κ1) is 14.0. The topological polar surface area (TPSA) is 77.0 Å². The maximum absolute atomic E-state index is 11.9. The third kappa shape index (κ3) is 2.64. The number of ether oxygens (including phenoxy) is 2. The molecule has 1 aliphatic rings. The minimum atomic E-state index is -0.634. The maximum Gasteiger partial charge on any atom is 0.341 e. The number of esters is 1. The molecular formula is C14H16N2O4. The van der Waals surface area contributed by atoms with Gasteiger partial charge in [-0.2, -0.15) is 0 Å². The molecule has 2 atom stereocenters. The molecule has 1 aromatic rings. The third-order valence-corrected chi connectivity index (χ3v) is 3.25. The number of rotatable bonds is 3. The maximum atomic E-state index is 11.9. The van der Waals surface area contributed by atoms with Gasteiger partial charge in [-0.15, -0.1) is 0 Å². The van der Waals surface area contributed by atoms with Gasteiger partial charge in [0.25, 0.3) is 0 Å². The number of hydrogen-bond donors (Lipinski definition) is 1. The van der Waals surface area contributed by atoms with Gasteiger partial charge in [-0.25, -0.2) is 9.79 Å². The van der Waals surface area contributed by atoms with Crippen LogP contribution in [-0.4, -0.2) is 31.9 Å². The molecule has 0 saturated heterocycles. The van der Waals surface area contributed by atoms with Gasteiger partial charge in [0.05, 0.1) is 20.3 Å². The Labute approximate surface area is 116 Å². The summed E-state index contributed by atoms with van der Waals surface area (Å²) < 4.78 is 9.96. The van der Waals surface area contributed by atoms with E-state index in [-0.39, 0.29) is 0 Å². The Morgan fingerprint density at radius 2 is 2.10 bits per heavy atom. The highest BCUT2D eigenvalue weighted by Gasteiger charge is 2.37. The van der Waals surface area contributed by atoms with Crippen LogP contribution in [0.4, 0.5) is 4.79 Å². The molecule has 0 radical (unpaired) electrons. The van der Waals surface area contributed by atoms with Crippen LogP contribution in [0, 0.1) is 5.92 Å². The van der Waals surface area contributed by atoms with Gasteiger partial charge in [0.2, 0.25) is 0 Å². The van der Waals surface area contributed by atoms with E-state index in [4.69, 9.17) is 9.47 Å². The number of hydrogen-bond acceptors (Lipinski definition) is 4. The van der Waals surface area contributed by atoms with Crippen LogP contribution in [0.25, 0.3) is 0 Å².